The average molecular weight is 528 g/mol. The Morgan fingerprint density at radius 2 is 1.87 bits per heavy atom. The number of rotatable bonds is 9. The predicted octanol–water partition coefficient (Wildman–Crippen LogP) is 5.38. The molecule has 5 rings (SSSR count). The van der Waals surface area contributed by atoms with Crippen molar-refractivity contribution in [2.45, 2.75) is 84.2 Å². The van der Waals surface area contributed by atoms with Gasteiger partial charge in [0.05, 0.1) is 12.6 Å². The van der Waals surface area contributed by atoms with Gasteiger partial charge in [-0.25, -0.2) is 4.79 Å². The normalized spacial score (nSPS) is 18.2. The third kappa shape index (κ3) is 5.62. The van der Waals surface area contributed by atoms with Gasteiger partial charge in [-0.1, -0.05) is 63.8 Å². The zero-order chi connectivity index (χ0) is 27.2. The highest BCUT2D eigenvalue weighted by atomic mass is 16.2. The van der Waals surface area contributed by atoms with Crippen molar-refractivity contribution >= 4 is 5.78 Å². The fourth-order valence-corrected chi connectivity index (χ4v) is 5.91. The molecular formula is C30H37N7O2. The van der Waals surface area contributed by atoms with Crippen LogP contribution in [0.3, 0.4) is 0 Å². The number of aromatic nitrogens is 7. The summed E-state index contributed by atoms with van der Waals surface area (Å²) >= 11 is 0. The van der Waals surface area contributed by atoms with Crippen molar-refractivity contribution in [1.29, 1.82) is 0 Å². The lowest BCUT2D eigenvalue weighted by Gasteiger charge is -2.28. The maximum Gasteiger partial charge on any atom is 0.329 e. The van der Waals surface area contributed by atoms with Crippen LogP contribution in [-0.2, 0) is 17.8 Å². The lowest BCUT2D eigenvalue weighted by Crippen LogP contribution is -2.36. The average Bonchev–Trinajstić information content (AvgIpc) is 3.59. The first-order chi connectivity index (χ1) is 19.1. The van der Waals surface area contributed by atoms with Gasteiger partial charge in [0.25, 0.3) is 0 Å². The number of tetrazole rings is 1. The van der Waals surface area contributed by atoms with E-state index in [2.05, 4.69) is 39.5 Å². The minimum atomic E-state index is -0.392. The number of nitrogens with zero attached hydrogens (tertiary/aromatic N) is 6. The summed E-state index contributed by atoms with van der Waals surface area (Å²) in [7, 11) is 0. The summed E-state index contributed by atoms with van der Waals surface area (Å²) in [6.07, 6.45) is 13.8. The maximum absolute atomic E-state index is 14.1. The molecule has 0 saturated heterocycles. The van der Waals surface area contributed by atoms with Crippen molar-refractivity contribution in [3.05, 3.63) is 70.7 Å². The lowest BCUT2D eigenvalue weighted by molar-refractivity contribution is -0.124. The predicted molar refractivity (Wildman–Crippen MR) is 150 cm³/mol. The molecule has 0 spiro atoms. The minimum Gasteiger partial charge on any atom is -0.297 e. The van der Waals surface area contributed by atoms with Gasteiger partial charge in [-0.15, -0.1) is 10.2 Å². The first kappa shape index (κ1) is 26.7. The third-order valence-corrected chi connectivity index (χ3v) is 8.01. The molecule has 1 aliphatic carbocycles. The Kier molecular flexibility index (Phi) is 8.44. The van der Waals surface area contributed by atoms with Gasteiger partial charge >= 0.3 is 5.69 Å². The van der Waals surface area contributed by atoms with Gasteiger partial charge in [-0.2, -0.15) is 5.21 Å². The first-order valence-corrected chi connectivity index (χ1v) is 14.2. The Hall–Kier alpha value is -3.88. The number of Topliss-reactive ketones (excluding diaryl/α,β-unsaturated/α-hetero) is 1. The van der Waals surface area contributed by atoms with Crippen molar-refractivity contribution < 1.29 is 4.79 Å². The van der Waals surface area contributed by atoms with E-state index >= 15 is 0 Å². The molecule has 2 atom stereocenters. The SMILES string of the molecule is CCCCc1cn(C2C(=O)CCCCCC2CC)c(=O)n1Cc1cnccc1-c1ccccc1-c1nn[nH]n1. The van der Waals surface area contributed by atoms with E-state index in [1.807, 2.05) is 47.3 Å². The highest BCUT2D eigenvalue weighted by Gasteiger charge is 2.32. The van der Waals surface area contributed by atoms with Crippen LogP contribution in [0, 0.1) is 5.92 Å². The molecule has 9 heteroatoms. The summed E-state index contributed by atoms with van der Waals surface area (Å²) in [5, 5.41) is 14.6. The second-order valence-electron chi connectivity index (χ2n) is 10.5. The van der Waals surface area contributed by atoms with Crippen LogP contribution in [0.25, 0.3) is 22.5 Å². The van der Waals surface area contributed by atoms with Crippen molar-refractivity contribution in [2.75, 3.05) is 0 Å². The molecule has 1 fully saturated rings. The molecule has 39 heavy (non-hydrogen) atoms. The number of H-pyrrole nitrogens is 1. The van der Waals surface area contributed by atoms with E-state index < -0.39 is 6.04 Å². The quantitative estimate of drug-likeness (QED) is 0.313. The fraction of sp³-hybridized carbons (Fsp3) is 0.467. The molecule has 1 aromatic carbocycles. The minimum absolute atomic E-state index is 0.111. The Labute approximate surface area is 228 Å². The van der Waals surface area contributed by atoms with Crippen LogP contribution in [0.4, 0.5) is 0 Å². The van der Waals surface area contributed by atoms with Crippen LogP contribution < -0.4 is 5.69 Å². The molecule has 3 aromatic heterocycles. The molecule has 0 bridgehead atoms. The Balaban J connectivity index is 1.58. The zero-order valence-electron chi connectivity index (χ0n) is 22.8. The van der Waals surface area contributed by atoms with E-state index in [1.54, 1.807) is 10.8 Å². The van der Waals surface area contributed by atoms with Crippen molar-refractivity contribution in [3.63, 3.8) is 0 Å². The van der Waals surface area contributed by atoms with Crippen LogP contribution in [0.5, 0.6) is 0 Å². The number of nitrogens with one attached hydrogen (secondary N) is 1. The highest BCUT2D eigenvalue weighted by Crippen LogP contribution is 2.33. The molecule has 1 saturated carbocycles. The molecule has 9 nitrogen and oxygen atoms in total. The van der Waals surface area contributed by atoms with Crippen LogP contribution in [0.1, 0.15) is 82.5 Å². The number of carbonyl (C=O) groups is 1. The van der Waals surface area contributed by atoms with Gasteiger partial charge in [0, 0.05) is 36.3 Å². The van der Waals surface area contributed by atoms with Gasteiger partial charge in [0.1, 0.15) is 0 Å². The van der Waals surface area contributed by atoms with Crippen LogP contribution in [-0.4, -0.2) is 40.5 Å². The molecule has 1 aliphatic rings. The number of unbranched alkanes of at least 4 members (excludes halogenated alkanes) is 1. The first-order valence-electron chi connectivity index (χ1n) is 14.2. The fourth-order valence-electron chi connectivity index (χ4n) is 5.91. The highest BCUT2D eigenvalue weighted by molar-refractivity contribution is 5.83. The van der Waals surface area contributed by atoms with E-state index in [-0.39, 0.29) is 17.4 Å². The van der Waals surface area contributed by atoms with Crippen LogP contribution in [0.15, 0.2) is 53.7 Å². The molecule has 2 unspecified atom stereocenters. The topological polar surface area (TPSA) is 111 Å². The van der Waals surface area contributed by atoms with Gasteiger partial charge in [-0.3, -0.25) is 18.9 Å². The smallest absolute Gasteiger partial charge is 0.297 e. The largest absolute Gasteiger partial charge is 0.329 e. The molecule has 204 valence electrons. The second kappa shape index (κ2) is 12.3. The number of imidazole rings is 1. The second-order valence-corrected chi connectivity index (χ2v) is 10.5. The molecule has 0 amide bonds. The van der Waals surface area contributed by atoms with E-state index in [9.17, 15) is 9.59 Å². The van der Waals surface area contributed by atoms with Crippen LogP contribution in [0.2, 0.25) is 0 Å². The van der Waals surface area contributed by atoms with E-state index in [0.717, 1.165) is 79.3 Å². The summed E-state index contributed by atoms with van der Waals surface area (Å²) in [5.74, 6) is 0.883. The van der Waals surface area contributed by atoms with Crippen LogP contribution >= 0.6 is 0 Å². The van der Waals surface area contributed by atoms with Gasteiger partial charge < -0.3 is 0 Å². The Bertz CT molecular complexity index is 1450. The number of hydrogen-bond donors (Lipinski definition) is 1. The van der Waals surface area contributed by atoms with Gasteiger partial charge in [-0.05, 0) is 59.6 Å². The summed E-state index contributed by atoms with van der Waals surface area (Å²) in [4.78, 5) is 31.9. The van der Waals surface area contributed by atoms with Crippen molar-refractivity contribution in [2.24, 2.45) is 5.92 Å². The maximum atomic E-state index is 14.1. The van der Waals surface area contributed by atoms with E-state index in [4.69, 9.17) is 0 Å². The summed E-state index contributed by atoms with van der Waals surface area (Å²) < 4.78 is 3.61. The van der Waals surface area contributed by atoms with E-state index in [0.29, 0.717) is 18.8 Å². The molecule has 4 aromatic rings. The standard InChI is InChI=1S/C30H37N7O2/c1-3-5-12-23-20-37(28-21(4-2)11-7-6-8-15-27(28)38)30(39)36(23)19-22-18-31-17-16-24(22)25-13-9-10-14-26(25)29-32-34-35-33-29/h9-10,13-14,16-18,20-21,28H,3-8,11-12,15,19H2,1-2H3,(H,32,33,34,35). The lowest BCUT2D eigenvalue weighted by atomic mass is 9.84. The van der Waals surface area contributed by atoms with E-state index in [1.165, 1.54) is 0 Å². The summed E-state index contributed by atoms with van der Waals surface area (Å²) in [6, 6.07) is 9.48. The number of benzene rings is 1. The van der Waals surface area contributed by atoms with Gasteiger partial charge in [0.15, 0.2) is 5.78 Å². The van der Waals surface area contributed by atoms with Gasteiger partial charge in [0.2, 0.25) is 5.82 Å². The van der Waals surface area contributed by atoms with Crippen molar-refractivity contribution in [1.82, 2.24) is 34.7 Å². The monoisotopic (exact) mass is 527 g/mol. The number of ketones is 1. The molecule has 3 heterocycles. The number of pyridine rings is 1. The number of aromatic amines is 1. The van der Waals surface area contributed by atoms with Crippen molar-refractivity contribution in [3.8, 4) is 22.5 Å². The number of hydrogen-bond acceptors (Lipinski definition) is 6. The molecule has 0 radical (unpaired) electrons. The summed E-state index contributed by atoms with van der Waals surface area (Å²) in [6.45, 7) is 4.65. The zero-order valence-corrected chi connectivity index (χ0v) is 22.8. The number of carbonyl (C=O) groups excluding carboxylic acids is 1. The third-order valence-electron chi connectivity index (χ3n) is 8.01. The molecule has 1 N–H and O–H groups in total. The Morgan fingerprint density at radius 3 is 2.64 bits per heavy atom. The molecule has 0 aliphatic heterocycles. The molecular weight excluding hydrogens is 490 g/mol. The summed E-state index contributed by atoms with van der Waals surface area (Å²) in [5.41, 5.74) is 4.52. The number of aryl methyl sites for hydroxylation is 1. The Morgan fingerprint density at radius 1 is 1.03 bits per heavy atom.